The number of hydrogen-bond acceptors (Lipinski definition) is 5. The van der Waals surface area contributed by atoms with Gasteiger partial charge >= 0.3 is 5.97 Å². The van der Waals surface area contributed by atoms with Crippen molar-refractivity contribution < 1.29 is 28.8 Å². The molecular formula is C27H34O6. The lowest BCUT2D eigenvalue weighted by atomic mass is 9.73. The van der Waals surface area contributed by atoms with E-state index in [-0.39, 0.29) is 6.10 Å². The van der Waals surface area contributed by atoms with Crippen molar-refractivity contribution in [1.82, 2.24) is 0 Å². The van der Waals surface area contributed by atoms with Crippen LogP contribution in [0.5, 0.6) is 11.5 Å². The van der Waals surface area contributed by atoms with Gasteiger partial charge < -0.3 is 24.1 Å². The van der Waals surface area contributed by atoms with Crippen LogP contribution in [0, 0.1) is 6.92 Å². The first-order chi connectivity index (χ1) is 16.0. The number of methoxy groups -OCH3 is 2. The summed E-state index contributed by atoms with van der Waals surface area (Å²) in [4.78, 5) is 12.4. The molecule has 178 valence electrons. The van der Waals surface area contributed by atoms with Gasteiger partial charge in [-0.3, -0.25) is 4.79 Å². The van der Waals surface area contributed by atoms with Crippen LogP contribution >= 0.6 is 0 Å². The molecule has 33 heavy (non-hydrogen) atoms. The first-order valence-corrected chi connectivity index (χ1v) is 11.8. The van der Waals surface area contributed by atoms with Gasteiger partial charge in [-0.25, -0.2) is 0 Å². The standard InChI is InChI=1S/C27H34O6/c1-18-24(30-2)15-19(16-25(18)31-3)23-9-8-21(27(26(28)29)10-12-32-13-11-27)14-20(23)17-33-22-6-4-5-7-22/h8-9,14-16,22H,4-7,10-13,17H2,1-3H3,(H,28,29). The van der Waals surface area contributed by atoms with Crippen molar-refractivity contribution in [3.05, 3.63) is 47.0 Å². The highest BCUT2D eigenvalue weighted by Gasteiger charge is 2.42. The second-order valence-corrected chi connectivity index (χ2v) is 9.09. The van der Waals surface area contributed by atoms with Crippen LogP contribution in [-0.2, 0) is 26.3 Å². The summed E-state index contributed by atoms with van der Waals surface area (Å²) in [6, 6.07) is 10.0. The first kappa shape index (κ1) is 23.6. The normalized spacial score (nSPS) is 18.3. The zero-order valence-electron chi connectivity index (χ0n) is 19.8. The molecular weight excluding hydrogens is 420 g/mol. The Hall–Kier alpha value is -2.57. The summed E-state index contributed by atoms with van der Waals surface area (Å²) in [5, 5.41) is 10.2. The lowest BCUT2D eigenvalue weighted by Gasteiger charge is -2.34. The van der Waals surface area contributed by atoms with E-state index in [0.29, 0.717) is 32.7 Å². The summed E-state index contributed by atoms with van der Waals surface area (Å²) >= 11 is 0. The number of rotatable bonds is 8. The molecule has 2 aliphatic rings. The average Bonchev–Trinajstić information content (AvgIpc) is 3.37. The second kappa shape index (κ2) is 10.1. The molecule has 0 radical (unpaired) electrons. The molecule has 2 fully saturated rings. The van der Waals surface area contributed by atoms with Crippen molar-refractivity contribution in [3.8, 4) is 22.6 Å². The second-order valence-electron chi connectivity index (χ2n) is 9.09. The van der Waals surface area contributed by atoms with Gasteiger partial charge in [0.2, 0.25) is 0 Å². The van der Waals surface area contributed by atoms with Crippen LogP contribution in [0.25, 0.3) is 11.1 Å². The van der Waals surface area contributed by atoms with Gasteiger partial charge in [-0.15, -0.1) is 0 Å². The maximum Gasteiger partial charge on any atom is 0.314 e. The van der Waals surface area contributed by atoms with E-state index in [1.165, 1.54) is 12.8 Å². The SMILES string of the molecule is COc1cc(-c2ccc(C3(C(=O)O)CCOCC3)cc2COC2CCCC2)cc(OC)c1C. The third-order valence-electron chi connectivity index (χ3n) is 7.25. The Morgan fingerprint density at radius 3 is 2.27 bits per heavy atom. The fraction of sp³-hybridized carbons (Fsp3) is 0.519. The Kier molecular flexibility index (Phi) is 7.25. The summed E-state index contributed by atoms with van der Waals surface area (Å²) in [6.07, 6.45) is 5.76. The molecule has 0 bridgehead atoms. The lowest BCUT2D eigenvalue weighted by Crippen LogP contribution is -2.41. The number of benzene rings is 2. The Labute approximate surface area is 195 Å². The molecule has 4 rings (SSSR count). The van der Waals surface area contributed by atoms with Gasteiger partial charge in [-0.2, -0.15) is 0 Å². The minimum atomic E-state index is -0.929. The van der Waals surface area contributed by atoms with E-state index in [0.717, 1.165) is 52.2 Å². The smallest absolute Gasteiger partial charge is 0.314 e. The number of carboxylic acids is 1. The minimum Gasteiger partial charge on any atom is -0.496 e. The predicted molar refractivity (Wildman–Crippen MR) is 126 cm³/mol. The number of ether oxygens (including phenoxy) is 4. The lowest BCUT2D eigenvalue weighted by molar-refractivity contribution is -0.147. The van der Waals surface area contributed by atoms with Gasteiger partial charge in [-0.05, 0) is 67.0 Å². The third-order valence-corrected chi connectivity index (χ3v) is 7.25. The van der Waals surface area contributed by atoms with Crippen LogP contribution in [0.1, 0.15) is 55.2 Å². The van der Waals surface area contributed by atoms with E-state index in [1.54, 1.807) is 14.2 Å². The molecule has 1 aliphatic heterocycles. The molecule has 0 atom stereocenters. The molecule has 0 unspecified atom stereocenters. The van der Waals surface area contributed by atoms with Gasteiger partial charge in [0.15, 0.2) is 0 Å². The highest BCUT2D eigenvalue weighted by atomic mass is 16.5. The Bertz CT molecular complexity index is 961. The van der Waals surface area contributed by atoms with Crippen LogP contribution < -0.4 is 9.47 Å². The van der Waals surface area contributed by atoms with Crippen LogP contribution in [-0.4, -0.2) is 44.6 Å². The zero-order valence-corrected chi connectivity index (χ0v) is 19.8. The van der Waals surface area contributed by atoms with Crippen molar-refractivity contribution >= 4 is 5.97 Å². The van der Waals surface area contributed by atoms with Crippen molar-refractivity contribution in [2.75, 3.05) is 27.4 Å². The average molecular weight is 455 g/mol. The molecule has 0 aromatic heterocycles. The number of carbonyl (C=O) groups is 1. The highest BCUT2D eigenvalue weighted by molar-refractivity contribution is 5.82. The van der Waals surface area contributed by atoms with Crippen LogP contribution in [0.2, 0.25) is 0 Å². The Morgan fingerprint density at radius 1 is 1.06 bits per heavy atom. The number of aliphatic carboxylic acids is 1. The van der Waals surface area contributed by atoms with Crippen LogP contribution in [0.15, 0.2) is 30.3 Å². The van der Waals surface area contributed by atoms with E-state index >= 15 is 0 Å². The number of carboxylic acid groups (broad SMARTS) is 1. The van der Waals surface area contributed by atoms with E-state index in [4.69, 9.17) is 18.9 Å². The molecule has 0 spiro atoms. The Morgan fingerprint density at radius 2 is 1.70 bits per heavy atom. The van der Waals surface area contributed by atoms with Crippen molar-refractivity contribution in [2.45, 2.75) is 63.6 Å². The van der Waals surface area contributed by atoms with Crippen molar-refractivity contribution in [1.29, 1.82) is 0 Å². The summed E-state index contributed by atoms with van der Waals surface area (Å²) < 4.78 is 23.0. The van der Waals surface area contributed by atoms with Gasteiger partial charge in [-0.1, -0.05) is 31.0 Å². The van der Waals surface area contributed by atoms with E-state index < -0.39 is 11.4 Å². The third kappa shape index (κ3) is 4.73. The molecule has 6 heteroatoms. The quantitative estimate of drug-likeness (QED) is 0.586. The van der Waals surface area contributed by atoms with E-state index in [2.05, 4.69) is 0 Å². The zero-order chi connectivity index (χ0) is 23.4. The summed E-state index contributed by atoms with van der Waals surface area (Å²) in [7, 11) is 3.31. The molecule has 0 amide bonds. The maximum absolute atomic E-state index is 12.4. The summed E-state index contributed by atoms with van der Waals surface area (Å²) in [6.45, 7) is 3.32. The Balaban J connectivity index is 1.78. The number of hydrogen-bond donors (Lipinski definition) is 1. The molecule has 1 saturated carbocycles. The van der Waals surface area contributed by atoms with E-state index in [1.807, 2.05) is 37.3 Å². The predicted octanol–water partition coefficient (Wildman–Crippen LogP) is 5.27. The van der Waals surface area contributed by atoms with Crippen molar-refractivity contribution in [2.24, 2.45) is 0 Å². The molecule has 1 N–H and O–H groups in total. The van der Waals surface area contributed by atoms with Crippen LogP contribution in [0.4, 0.5) is 0 Å². The minimum absolute atomic E-state index is 0.264. The topological polar surface area (TPSA) is 74.2 Å². The van der Waals surface area contributed by atoms with Gasteiger partial charge in [0, 0.05) is 18.8 Å². The molecule has 1 saturated heterocycles. The maximum atomic E-state index is 12.4. The van der Waals surface area contributed by atoms with Gasteiger partial charge in [0.1, 0.15) is 11.5 Å². The highest BCUT2D eigenvalue weighted by Crippen LogP contribution is 2.40. The van der Waals surface area contributed by atoms with Gasteiger partial charge in [0.05, 0.1) is 32.3 Å². The molecule has 6 nitrogen and oxygen atoms in total. The molecule has 2 aromatic carbocycles. The monoisotopic (exact) mass is 454 g/mol. The summed E-state index contributed by atoms with van der Waals surface area (Å²) in [5.74, 6) is 0.713. The van der Waals surface area contributed by atoms with Gasteiger partial charge in [0.25, 0.3) is 0 Å². The molecule has 1 aliphatic carbocycles. The molecule has 2 aromatic rings. The molecule has 1 heterocycles. The first-order valence-electron chi connectivity index (χ1n) is 11.8. The van der Waals surface area contributed by atoms with Crippen molar-refractivity contribution in [3.63, 3.8) is 0 Å². The largest absolute Gasteiger partial charge is 0.496 e. The fourth-order valence-corrected chi connectivity index (χ4v) is 5.14. The summed E-state index contributed by atoms with van der Waals surface area (Å²) in [5.41, 5.74) is 3.78. The van der Waals surface area contributed by atoms with Crippen LogP contribution in [0.3, 0.4) is 0 Å². The van der Waals surface area contributed by atoms with E-state index in [9.17, 15) is 9.90 Å². The fourth-order valence-electron chi connectivity index (χ4n) is 5.14.